The number of likely N-dealkylation sites (N-methyl/N-ethyl adjacent to an activating group) is 1. The van der Waals surface area contributed by atoms with Gasteiger partial charge < -0.3 is 10.5 Å². The van der Waals surface area contributed by atoms with Gasteiger partial charge in [0.05, 0.1) is 6.10 Å². The molecule has 2 N–H and O–H groups in total. The molecule has 0 bridgehead atoms. The Hall–Kier alpha value is -0.420. The van der Waals surface area contributed by atoms with Crippen molar-refractivity contribution in [3.8, 4) is 0 Å². The van der Waals surface area contributed by atoms with E-state index in [-0.39, 0.29) is 12.1 Å². The first-order valence-electron chi connectivity index (χ1n) is 7.48. The van der Waals surface area contributed by atoms with Gasteiger partial charge in [0.15, 0.2) is 0 Å². The average molecular weight is 341 g/mol. The van der Waals surface area contributed by atoms with E-state index in [2.05, 4.69) is 58.9 Å². The summed E-state index contributed by atoms with van der Waals surface area (Å²) in [5.74, 6) is 0. The first-order chi connectivity index (χ1) is 9.61. The third-order valence-corrected chi connectivity index (χ3v) is 4.44. The summed E-state index contributed by atoms with van der Waals surface area (Å²) >= 11 is 3.55. The maximum atomic E-state index is 6.27. The first-order valence-corrected chi connectivity index (χ1v) is 8.27. The van der Waals surface area contributed by atoms with Crippen molar-refractivity contribution in [3.63, 3.8) is 0 Å². The maximum absolute atomic E-state index is 6.27. The van der Waals surface area contributed by atoms with Gasteiger partial charge in [-0.25, -0.2) is 0 Å². The van der Waals surface area contributed by atoms with Crippen molar-refractivity contribution >= 4 is 15.9 Å². The van der Waals surface area contributed by atoms with E-state index in [1.165, 1.54) is 18.4 Å². The van der Waals surface area contributed by atoms with Crippen molar-refractivity contribution in [2.75, 3.05) is 19.7 Å². The fourth-order valence-electron chi connectivity index (χ4n) is 3.03. The molecular weight excluding hydrogens is 316 g/mol. The third-order valence-electron chi connectivity index (χ3n) is 3.95. The number of ether oxygens (including phenoxy) is 1. The third kappa shape index (κ3) is 4.04. The highest BCUT2D eigenvalue weighted by Gasteiger charge is 2.27. The summed E-state index contributed by atoms with van der Waals surface area (Å²) in [5, 5.41) is 0. The molecule has 3 nitrogen and oxygen atoms in total. The minimum Gasteiger partial charge on any atom is -0.377 e. The number of nitrogens with two attached hydrogens (primary N) is 1. The van der Waals surface area contributed by atoms with Crippen LogP contribution in [0.25, 0.3) is 0 Å². The Labute approximate surface area is 130 Å². The molecule has 3 atom stereocenters. The lowest BCUT2D eigenvalue weighted by atomic mass is 9.98. The quantitative estimate of drug-likeness (QED) is 0.863. The Morgan fingerprint density at radius 1 is 1.50 bits per heavy atom. The van der Waals surface area contributed by atoms with Crippen molar-refractivity contribution in [3.05, 3.63) is 34.3 Å². The van der Waals surface area contributed by atoms with Gasteiger partial charge in [-0.15, -0.1) is 0 Å². The van der Waals surface area contributed by atoms with Crippen LogP contribution >= 0.6 is 15.9 Å². The second-order valence-electron chi connectivity index (χ2n) is 5.58. The van der Waals surface area contributed by atoms with Gasteiger partial charge in [0.1, 0.15) is 0 Å². The molecule has 0 aromatic heterocycles. The zero-order valence-electron chi connectivity index (χ0n) is 12.4. The van der Waals surface area contributed by atoms with E-state index in [1.807, 2.05) is 0 Å². The van der Waals surface area contributed by atoms with Crippen LogP contribution in [0.15, 0.2) is 28.7 Å². The van der Waals surface area contributed by atoms with E-state index < -0.39 is 0 Å². The van der Waals surface area contributed by atoms with E-state index in [4.69, 9.17) is 10.5 Å². The van der Waals surface area contributed by atoms with Crippen LogP contribution in [0.4, 0.5) is 0 Å². The number of rotatable bonds is 6. The van der Waals surface area contributed by atoms with E-state index >= 15 is 0 Å². The Bertz CT molecular complexity index is 419. The van der Waals surface area contributed by atoms with Gasteiger partial charge in [-0.1, -0.05) is 35.0 Å². The second kappa shape index (κ2) is 7.55. The zero-order valence-corrected chi connectivity index (χ0v) is 14.0. The van der Waals surface area contributed by atoms with Crippen LogP contribution in [0.2, 0.25) is 0 Å². The normalized spacial score (nSPS) is 22.1. The van der Waals surface area contributed by atoms with Gasteiger partial charge in [-0.2, -0.15) is 0 Å². The van der Waals surface area contributed by atoms with Crippen LogP contribution in [0.3, 0.4) is 0 Å². The van der Waals surface area contributed by atoms with Crippen LogP contribution in [-0.4, -0.2) is 36.7 Å². The predicted molar refractivity (Wildman–Crippen MR) is 86.8 cm³/mol. The summed E-state index contributed by atoms with van der Waals surface area (Å²) in [5.41, 5.74) is 7.54. The molecule has 0 spiro atoms. The number of hydrogen-bond acceptors (Lipinski definition) is 3. The summed E-state index contributed by atoms with van der Waals surface area (Å²) in [6.45, 7) is 7.14. The van der Waals surface area contributed by atoms with E-state index in [9.17, 15) is 0 Å². The Morgan fingerprint density at radius 3 is 2.85 bits per heavy atom. The van der Waals surface area contributed by atoms with Gasteiger partial charge in [0.25, 0.3) is 0 Å². The number of benzene rings is 1. The van der Waals surface area contributed by atoms with Gasteiger partial charge >= 0.3 is 0 Å². The molecule has 1 aromatic rings. The SMILES string of the molecule is CCN(CC1CCCO1)C(c1cccc(Br)c1)C(C)N. The summed E-state index contributed by atoms with van der Waals surface area (Å²) < 4.78 is 6.89. The number of halogens is 1. The molecule has 1 saturated heterocycles. The summed E-state index contributed by atoms with van der Waals surface area (Å²) in [4.78, 5) is 2.45. The fourth-order valence-corrected chi connectivity index (χ4v) is 3.44. The average Bonchev–Trinajstić information content (AvgIpc) is 2.90. The molecule has 112 valence electrons. The molecule has 1 aromatic carbocycles. The molecule has 0 saturated carbocycles. The van der Waals surface area contributed by atoms with Gasteiger partial charge in [0.2, 0.25) is 0 Å². The molecule has 0 aliphatic carbocycles. The van der Waals surface area contributed by atoms with Crippen molar-refractivity contribution in [1.82, 2.24) is 4.90 Å². The Kier molecular flexibility index (Phi) is 6.02. The largest absolute Gasteiger partial charge is 0.377 e. The van der Waals surface area contributed by atoms with Crippen LogP contribution in [0.5, 0.6) is 0 Å². The van der Waals surface area contributed by atoms with E-state index in [1.54, 1.807) is 0 Å². The molecule has 0 amide bonds. The molecule has 2 rings (SSSR count). The smallest absolute Gasteiger partial charge is 0.0703 e. The molecule has 1 aliphatic heterocycles. The standard InChI is InChI=1S/C16H25BrN2O/c1-3-19(11-15-8-5-9-20-15)16(12(2)18)13-6-4-7-14(17)10-13/h4,6-7,10,12,15-16H,3,5,8-9,11,18H2,1-2H3. The van der Waals surface area contributed by atoms with E-state index in [0.717, 1.165) is 24.2 Å². The lowest BCUT2D eigenvalue weighted by Gasteiger charge is -2.35. The lowest BCUT2D eigenvalue weighted by molar-refractivity contribution is 0.0546. The zero-order chi connectivity index (χ0) is 14.5. The Morgan fingerprint density at radius 2 is 2.30 bits per heavy atom. The van der Waals surface area contributed by atoms with Crippen LogP contribution in [0.1, 0.15) is 38.3 Å². The highest BCUT2D eigenvalue weighted by molar-refractivity contribution is 9.10. The molecule has 1 aliphatic rings. The predicted octanol–water partition coefficient (Wildman–Crippen LogP) is 3.34. The van der Waals surface area contributed by atoms with Crippen LogP contribution in [-0.2, 0) is 4.74 Å². The minimum atomic E-state index is 0.0886. The Balaban J connectivity index is 2.16. The molecule has 3 unspecified atom stereocenters. The van der Waals surface area contributed by atoms with Crippen molar-refractivity contribution in [2.24, 2.45) is 5.73 Å². The molecule has 20 heavy (non-hydrogen) atoms. The van der Waals surface area contributed by atoms with Crippen molar-refractivity contribution in [1.29, 1.82) is 0 Å². The van der Waals surface area contributed by atoms with Crippen molar-refractivity contribution in [2.45, 2.75) is 44.9 Å². The highest BCUT2D eigenvalue weighted by Crippen LogP contribution is 2.27. The molecule has 1 fully saturated rings. The topological polar surface area (TPSA) is 38.5 Å². The fraction of sp³-hybridized carbons (Fsp3) is 0.625. The second-order valence-corrected chi connectivity index (χ2v) is 6.50. The molecule has 1 heterocycles. The molecular formula is C16H25BrN2O. The van der Waals surface area contributed by atoms with Crippen LogP contribution in [0, 0.1) is 0 Å². The summed E-state index contributed by atoms with van der Waals surface area (Å²) in [6.07, 6.45) is 2.71. The maximum Gasteiger partial charge on any atom is 0.0703 e. The van der Waals surface area contributed by atoms with Crippen LogP contribution < -0.4 is 5.73 Å². The van der Waals surface area contributed by atoms with E-state index in [0.29, 0.717) is 6.10 Å². The van der Waals surface area contributed by atoms with Gasteiger partial charge in [-0.3, -0.25) is 4.90 Å². The number of hydrogen-bond donors (Lipinski definition) is 1. The number of nitrogens with zero attached hydrogens (tertiary/aromatic N) is 1. The minimum absolute atomic E-state index is 0.0886. The molecule has 0 radical (unpaired) electrons. The monoisotopic (exact) mass is 340 g/mol. The van der Waals surface area contributed by atoms with Gasteiger partial charge in [0, 0.05) is 29.7 Å². The van der Waals surface area contributed by atoms with Gasteiger partial charge in [-0.05, 0) is 44.0 Å². The summed E-state index contributed by atoms with van der Waals surface area (Å²) in [6, 6.07) is 8.79. The van der Waals surface area contributed by atoms with Crippen molar-refractivity contribution < 1.29 is 4.74 Å². The first kappa shape index (κ1) is 16.0. The highest BCUT2D eigenvalue weighted by atomic mass is 79.9. The lowest BCUT2D eigenvalue weighted by Crippen LogP contribution is -2.43. The summed E-state index contributed by atoms with van der Waals surface area (Å²) in [7, 11) is 0. The molecule has 4 heteroatoms.